The molecule has 0 saturated heterocycles. The molecule has 5 heteroatoms. The van der Waals surface area contributed by atoms with Gasteiger partial charge in [0, 0.05) is 30.3 Å². The quantitative estimate of drug-likeness (QED) is 0.720. The number of nitrogens with one attached hydrogen (secondary N) is 2. The fourth-order valence-electron chi connectivity index (χ4n) is 1.95. The minimum atomic E-state index is -0.199. The lowest BCUT2D eigenvalue weighted by molar-refractivity contribution is -0.115. The number of hydrogen-bond donors (Lipinski definition) is 3. The topological polar surface area (TPSA) is 78.4 Å². The Kier molecular flexibility index (Phi) is 6.88. The summed E-state index contributed by atoms with van der Waals surface area (Å²) in [6, 6.07) is 6.76. The highest BCUT2D eigenvalue weighted by molar-refractivity contribution is 5.97. The van der Waals surface area contributed by atoms with Crippen LogP contribution in [0.4, 0.5) is 5.69 Å². The van der Waals surface area contributed by atoms with Crippen LogP contribution in [0.1, 0.15) is 44.0 Å². The molecule has 2 amide bonds. The van der Waals surface area contributed by atoms with Gasteiger partial charge in [0.1, 0.15) is 0 Å². The van der Waals surface area contributed by atoms with Crippen molar-refractivity contribution in [3.05, 3.63) is 29.8 Å². The molecular formula is C16H24N2O3. The Balaban J connectivity index is 2.77. The fraction of sp³-hybridized carbons (Fsp3) is 0.500. The molecule has 116 valence electrons. The van der Waals surface area contributed by atoms with E-state index in [1.165, 1.54) is 0 Å². The molecule has 1 rings (SSSR count). The van der Waals surface area contributed by atoms with Gasteiger partial charge in [0.2, 0.25) is 5.91 Å². The van der Waals surface area contributed by atoms with E-state index in [1.807, 2.05) is 13.8 Å². The van der Waals surface area contributed by atoms with Gasteiger partial charge in [0.05, 0.1) is 0 Å². The van der Waals surface area contributed by atoms with Crippen molar-refractivity contribution in [2.24, 2.45) is 5.92 Å². The molecule has 0 radical (unpaired) electrons. The van der Waals surface area contributed by atoms with E-state index in [4.69, 9.17) is 5.11 Å². The van der Waals surface area contributed by atoms with E-state index in [1.54, 1.807) is 31.2 Å². The Bertz CT molecular complexity index is 486. The van der Waals surface area contributed by atoms with Crippen molar-refractivity contribution >= 4 is 17.5 Å². The van der Waals surface area contributed by atoms with Gasteiger partial charge in [-0.2, -0.15) is 0 Å². The number of amides is 2. The van der Waals surface area contributed by atoms with Gasteiger partial charge in [0.25, 0.3) is 5.91 Å². The zero-order valence-electron chi connectivity index (χ0n) is 12.8. The normalized spacial score (nSPS) is 12.0. The Hall–Kier alpha value is -1.88. The lowest BCUT2D eigenvalue weighted by Crippen LogP contribution is -2.39. The summed E-state index contributed by atoms with van der Waals surface area (Å²) in [5.41, 5.74) is 1.10. The number of rotatable bonds is 7. The summed E-state index contributed by atoms with van der Waals surface area (Å²) in [6.45, 7) is 5.81. The molecule has 0 fully saturated rings. The minimum absolute atomic E-state index is 0.0374. The molecule has 1 aromatic carbocycles. The molecule has 5 nitrogen and oxygen atoms in total. The molecule has 0 spiro atoms. The van der Waals surface area contributed by atoms with Crippen molar-refractivity contribution in [3.8, 4) is 0 Å². The van der Waals surface area contributed by atoms with Crippen LogP contribution in [0.15, 0.2) is 24.3 Å². The maximum Gasteiger partial charge on any atom is 0.251 e. The lowest BCUT2D eigenvalue weighted by Gasteiger charge is -2.21. The number of aliphatic hydroxyl groups excluding tert-OH is 1. The van der Waals surface area contributed by atoms with Gasteiger partial charge < -0.3 is 15.7 Å². The maximum atomic E-state index is 12.2. The number of benzene rings is 1. The van der Waals surface area contributed by atoms with Crippen LogP contribution < -0.4 is 10.6 Å². The molecule has 21 heavy (non-hydrogen) atoms. The van der Waals surface area contributed by atoms with Crippen molar-refractivity contribution in [2.45, 2.75) is 39.7 Å². The predicted octanol–water partition coefficient (Wildman–Crippen LogP) is 2.17. The fourth-order valence-corrected chi connectivity index (χ4v) is 1.95. The predicted molar refractivity (Wildman–Crippen MR) is 83.2 cm³/mol. The van der Waals surface area contributed by atoms with Gasteiger partial charge in [-0.15, -0.1) is 0 Å². The summed E-state index contributed by atoms with van der Waals surface area (Å²) in [5, 5.41) is 14.7. The molecule has 0 bridgehead atoms. The van der Waals surface area contributed by atoms with Crippen LogP contribution in [0.3, 0.4) is 0 Å². The van der Waals surface area contributed by atoms with E-state index in [0.717, 1.165) is 0 Å². The summed E-state index contributed by atoms with van der Waals surface area (Å²) in [6.07, 6.45) is 0.915. The minimum Gasteiger partial charge on any atom is -0.396 e. The first-order valence-corrected chi connectivity index (χ1v) is 7.29. The Morgan fingerprint density at radius 3 is 2.57 bits per heavy atom. The standard InChI is InChI=1S/C16H24N2O3/c1-4-15(20)17-13-7-5-6-12(10-13)16(21)18-14(8-9-19)11(2)3/h5-7,10-11,14,19H,4,8-9H2,1-3H3,(H,17,20)(H,18,21). The highest BCUT2D eigenvalue weighted by Crippen LogP contribution is 2.13. The number of carbonyl (C=O) groups excluding carboxylic acids is 2. The van der Waals surface area contributed by atoms with Gasteiger partial charge in [0.15, 0.2) is 0 Å². The lowest BCUT2D eigenvalue weighted by atomic mass is 10.0. The zero-order chi connectivity index (χ0) is 15.8. The summed E-state index contributed by atoms with van der Waals surface area (Å²) in [4.78, 5) is 23.6. The van der Waals surface area contributed by atoms with Gasteiger partial charge in [-0.25, -0.2) is 0 Å². The van der Waals surface area contributed by atoms with Crippen LogP contribution in [0.25, 0.3) is 0 Å². The molecule has 3 N–H and O–H groups in total. The first-order valence-electron chi connectivity index (χ1n) is 7.29. The molecule has 0 aromatic heterocycles. The SMILES string of the molecule is CCC(=O)Nc1cccc(C(=O)NC(CCO)C(C)C)c1. The van der Waals surface area contributed by atoms with Crippen molar-refractivity contribution in [3.63, 3.8) is 0 Å². The first kappa shape index (κ1) is 17.2. The highest BCUT2D eigenvalue weighted by Gasteiger charge is 2.16. The molecule has 1 unspecified atom stereocenters. The van der Waals surface area contributed by atoms with Crippen LogP contribution in [0.5, 0.6) is 0 Å². The smallest absolute Gasteiger partial charge is 0.251 e. The highest BCUT2D eigenvalue weighted by atomic mass is 16.3. The summed E-state index contributed by atoms with van der Waals surface area (Å²) >= 11 is 0. The first-order chi connectivity index (χ1) is 9.97. The van der Waals surface area contributed by atoms with Crippen molar-refractivity contribution in [2.75, 3.05) is 11.9 Å². The second-order valence-electron chi connectivity index (χ2n) is 5.32. The van der Waals surface area contributed by atoms with E-state index < -0.39 is 0 Å². The van der Waals surface area contributed by atoms with E-state index >= 15 is 0 Å². The van der Waals surface area contributed by atoms with Gasteiger partial charge in [-0.1, -0.05) is 26.8 Å². The average molecular weight is 292 g/mol. The Morgan fingerprint density at radius 1 is 1.29 bits per heavy atom. The second-order valence-corrected chi connectivity index (χ2v) is 5.32. The van der Waals surface area contributed by atoms with Gasteiger partial charge >= 0.3 is 0 Å². The monoisotopic (exact) mass is 292 g/mol. The van der Waals surface area contributed by atoms with Crippen LogP contribution in [0, 0.1) is 5.92 Å². The van der Waals surface area contributed by atoms with Crippen LogP contribution in [-0.4, -0.2) is 29.6 Å². The molecule has 1 atom stereocenters. The zero-order valence-corrected chi connectivity index (χ0v) is 12.8. The van der Waals surface area contributed by atoms with Crippen molar-refractivity contribution in [1.82, 2.24) is 5.32 Å². The Morgan fingerprint density at radius 2 is 2.00 bits per heavy atom. The van der Waals surface area contributed by atoms with E-state index in [9.17, 15) is 9.59 Å². The third kappa shape index (κ3) is 5.55. The molecule has 0 aliphatic rings. The largest absolute Gasteiger partial charge is 0.396 e. The average Bonchev–Trinajstić information content (AvgIpc) is 2.46. The third-order valence-corrected chi connectivity index (χ3v) is 3.29. The van der Waals surface area contributed by atoms with E-state index in [0.29, 0.717) is 24.1 Å². The Labute approximate surface area is 125 Å². The summed E-state index contributed by atoms with van der Waals surface area (Å²) in [5.74, 6) is -0.0493. The van der Waals surface area contributed by atoms with Crippen LogP contribution >= 0.6 is 0 Å². The van der Waals surface area contributed by atoms with Gasteiger partial charge in [-0.3, -0.25) is 9.59 Å². The second kappa shape index (κ2) is 8.42. The maximum absolute atomic E-state index is 12.2. The van der Waals surface area contributed by atoms with Crippen LogP contribution in [-0.2, 0) is 4.79 Å². The number of anilines is 1. The molecular weight excluding hydrogens is 268 g/mol. The molecule has 1 aromatic rings. The third-order valence-electron chi connectivity index (χ3n) is 3.29. The van der Waals surface area contributed by atoms with Crippen LogP contribution in [0.2, 0.25) is 0 Å². The summed E-state index contributed by atoms with van der Waals surface area (Å²) < 4.78 is 0. The molecule has 0 aliphatic carbocycles. The van der Waals surface area contributed by atoms with E-state index in [2.05, 4.69) is 10.6 Å². The number of carbonyl (C=O) groups is 2. The molecule has 0 saturated carbocycles. The number of hydrogen-bond acceptors (Lipinski definition) is 3. The number of aliphatic hydroxyl groups is 1. The molecule has 0 heterocycles. The molecule has 0 aliphatic heterocycles. The van der Waals surface area contributed by atoms with Gasteiger partial charge in [-0.05, 0) is 30.5 Å². The van der Waals surface area contributed by atoms with E-state index in [-0.39, 0.29) is 30.4 Å². The van der Waals surface area contributed by atoms with Crippen molar-refractivity contribution in [1.29, 1.82) is 0 Å². The summed E-state index contributed by atoms with van der Waals surface area (Å²) in [7, 11) is 0. The van der Waals surface area contributed by atoms with Crippen molar-refractivity contribution < 1.29 is 14.7 Å².